The van der Waals surface area contributed by atoms with Crippen LogP contribution in [0.5, 0.6) is 0 Å². The van der Waals surface area contributed by atoms with Gasteiger partial charge in [-0.05, 0) is 11.6 Å². The first-order chi connectivity index (χ1) is 15.7. The Balaban J connectivity index is 1.66. The number of benzene rings is 1. The second-order valence-corrected chi connectivity index (χ2v) is 7.60. The van der Waals surface area contributed by atoms with Gasteiger partial charge in [-0.1, -0.05) is 24.3 Å². The quantitative estimate of drug-likeness (QED) is 0.555. The van der Waals surface area contributed by atoms with Gasteiger partial charge in [-0.2, -0.15) is 4.98 Å². The lowest BCUT2D eigenvalue weighted by Gasteiger charge is -2.26. The maximum atomic E-state index is 14.4. The molecule has 3 heterocycles. The van der Waals surface area contributed by atoms with Crippen LogP contribution in [0.1, 0.15) is 29.9 Å². The highest BCUT2D eigenvalue weighted by atomic mass is 19.3. The number of Topliss-reactive ketones (excluding diaryl/α,β-unsaturated/α-hetero) is 1. The molecule has 0 unspecified atom stereocenters. The molecule has 0 aliphatic carbocycles. The molecule has 4 rings (SSSR count). The van der Waals surface area contributed by atoms with Gasteiger partial charge in [-0.3, -0.25) is 4.79 Å². The van der Waals surface area contributed by atoms with Crippen molar-refractivity contribution in [3.8, 4) is 11.1 Å². The number of aromatic nitrogens is 4. The Labute approximate surface area is 187 Å². The molecular weight excluding hydrogens is 437 g/mol. The van der Waals surface area contributed by atoms with E-state index in [9.17, 15) is 18.0 Å². The van der Waals surface area contributed by atoms with Crippen molar-refractivity contribution in [2.45, 2.75) is 19.8 Å². The number of nitrogens with zero attached hydrogens (tertiary/aromatic N) is 5. The Kier molecular flexibility index (Phi) is 6.23. The Morgan fingerprint density at radius 1 is 1.15 bits per heavy atom. The molecule has 0 bridgehead atoms. The van der Waals surface area contributed by atoms with Crippen LogP contribution in [0.4, 0.5) is 30.8 Å². The Morgan fingerprint density at radius 2 is 1.85 bits per heavy atom. The van der Waals surface area contributed by atoms with Gasteiger partial charge in [0.2, 0.25) is 5.95 Å². The number of nitrogens with one attached hydrogen (secondary N) is 1. The van der Waals surface area contributed by atoms with Gasteiger partial charge in [0.1, 0.15) is 5.69 Å². The van der Waals surface area contributed by atoms with Crippen molar-refractivity contribution >= 4 is 23.4 Å². The maximum Gasteiger partial charge on any atom is 0.270 e. The average molecular weight is 458 g/mol. The SMILES string of the molecule is CC(=O)c1nnc(Nc2nc(N3CCOCC3)ncc2F)cc1-c1ccc(C(C)(F)F)cc1. The zero-order valence-electron chi connectivity index (χ0n) is 18.0. The number of morpholine rings is 1. The van der Waals surface area contributed by atoms with E-state index in [0.29, 0.717) is 43.4 Å². The third-order valence-electron chi connectivity index (χ3n) is 5.10. The summed E-state index contributed by atoms with van der Waals surface area (Å²) in [4.78, 5) is 22.2. The highest BCUT2D eigenvalue weighted by Crippen LogP contribution is 2.31. The molecule has 0 amide bonds. The summed E-state index contributed by atoms with van der Waals surface area (Å²) in [6.45, 7) is 4.33. The summed E-state index contributed by atoms with van der Waals surface area (Å²) >= 11 is 0. The predicted octanol–water partition coefficient (Wildman–Crippen LogP) is 3.97. The van der Waals surface area contributed by atoms with Gasteiger partial charge < -0.3 is 15.0 Å². The molecule has 33 heavy (non-hydrogen) atoms. The molecule has 11 heteroatoms. The van der Waals surface area contributed by atoms with Gasteiger partial charge in [-0.15, -0.1) is 10.2 Å². The zero-order valence-corrected chi connectivity index (χ0v) is 18.0. The fourth-order valence-corrected chi connectivity index (χ4v) is 3.36. The van der Waals surface area contributed by atoms with Crippen LogP contribution in [0.15, 0.2) is 36.5 Å². The number of rotatable bonds is 6. The van der Waals surface area contributed by atoms with Gasteiger partial charge in [0, 0.05) is 38.1 Å². The Hall–Kier alpha value is -3.60. The summed E-state index contributed by atoms with van der Waals surface area (Å²) in [5, 5.41) is 10.7. The molecule has 172 valence electrons. The third kappa shape index (κ3) is 5.08. The van der Waals surface area contributed by atoms with E-state index >= 15 is 0 Å². The summed E-state index contributed by atoms with van der Waals surface area (Å²) in [6.07, 6.45) is 1.06. The first-order valence-corrected chi connectivity index (χ1v) is 10.2. The normalized spacial score (nSPS) is 14.3. The van der Waals surface area contributed by atoms with E-state index in [1.165, 1.54) is 37.3 Å². The van der Waals surface area contributed by atoms with Crippen molar-refractivity contribution in [3.63, 3.8) is 0 Å². The van der Waals surface area contributed by atoms with Gasteiger partial charge in [0.05, 0.1) is 19.4 Å². The van der Waals surface area contributed by atoms with Gasteiger partial charge >= 0.3 is 0 Å². The van der Waals surface area contributed by atoms with E-state index in [1.807, 2.05) is 4.90 Å². The van der Waals surface area contributed by atoms with Crippen molar-refractivity contribution in [1.82, 2.24) is 20.2 Å². The molecule has 0 atom stereocenters. The van der Waals surface area contributed by atoms with Crippen LogP contribution in [0.2, 0.25) is 0 Å². The smallest absolute Gasteiger partial charge is 0.270 e. The number of alkyl halides is 2. The molecule has 0 spiro atoms. The molecule has 1 N–H and O–H groups in total. The molecule has 0 saturated carbocycles. The fraction of sp³-hybridized carbons (Fsp3) is 0.318. The minimum atomic E-state index is -2.99. The minimum Gasteiger partial charge on any atom is -0.378 e. The molecule has 8 nitrogen and oxygen atoms in total. The van der Waals surface area contributed by atoms with E-state index < -0.39 is 11.7 Å². The number of ketones is 1. The summed E-state index contributed by atoms with van der Waals surface area (Å²) in [5.74, 6) is -3.67. The molecular formula is C22H21F3N6O2. The van der Waals surface area contributed by atoms with E-state index in [2.05, 4.69) is 25.5 Å². The van der Waals surface area contributed by atoms with Crippen LogP contribution in [0.25, 0.3) is 11.1 Å². The standard InChI is InChI=1S/C22H21F3N6O2/c1-13(32)19-16(14-3-5-15(6-4-14)22(2,24)25)11-18(29-30-19)27-20-17(23)12-26-21(28-20)31-7-9-33-10-8-31/h3-6,11-12H,7-10H2,1-2H3,(H,26,27,28,29). The van der Waals surface area contributed by atoms with Crippen LogP contribution >= 0.6 is 0 Å². The topological polar surface area (TPSA) is 93.1 Å². The molecule has 2 aromatic heterocycles. The van der Waals surface area contributed by atoms with Crippen LogP contribution < -0.4 is 10.2 Å². The Morgan fingerprint density at radius 3 is 2.48 bits per heavy atom. The van der Waals surface area contributed by atoms with Gasteiger partial charge in [-0.25, -0.2) is 18.2 Å². The summed E-state index contributed by atoms with van der Waals surface area (Å²) in [5.41, 5.74) is 0.764. The van der Waals surface area contributed by atoms with Crippen molar-refractivity contribution < 1.29 is 22.7 Å². The molecule has 1 saturated heterocycles. The molecule has 0 radical (unpaired) electrons. The van der Waals surface area contributed by atoms with Crippen LogP contribution in [-0.2, 0) is 10.7 Å². The van der Waals surface area contributed by atoms with E-state index in [4.69, 9.17) is 4.74 Å². The third-order valence-corrected chi connectivity index (χ3v) is 5.10. The minimum absolute atomic E-state index is 0.0636. The molecule has 1 fully saturated rings. The van der Waals surface area contributed by atoms with Crippen molar-refractivity contribution in [3.05, 3.63) is 53.6 Å². The number of anilines is 3. The lowest BCUT2D eigenvalue weighted by atomic mass is 10.00. The predicted molar refractivity (Wildman–Crippen MR) is 115 cm³/mol. The highest BCUT2D eigenvalue weighted by Gasteiger charge is 2.24. The Bertz CT molecular complexity index is 1160. The lowest BCUT2D eigenvalue weighted by molar-refractivity contribution is 0.0175. The molecule has 3 aromatic rings. The van der Waals surface area contributed by atoms with Gasteiger partial charge in [0.25, 0.3) is 5.92 Å². The first kappa shape index (κ1) is 22.6. The van der Waals surface area contributed by atoms with E-state index in [1.54, 1.807) is 0 Å². The first-order valence-electron chi connectivity index (χ1n) is 10.2. The number of hydrogen-bond donors (Lipinski definition) is 1. The van der Waals surface area contributed by atoms with Crippen molar-refractivity contribution in [1.29, 1.82) is 0 Å². The van der Waals surface area contributed by atoms with E-state index in [0.717, 1.165) is 13.1 Å². The summed E-state index contributed by atoms with van der Waals surface area (Å²) < 4.78 is 46.8. The highest BCUT2D eigenvalue weighted by molar-refractivity contribution is 5.99. The van der Waals surface area contributed by atoms with Crippen molar-refractivity contribution in [2.75, 3.05) is 36.5 Å². The average Bonchev–Trinajstić information content (AvgIpc) is 2.80. The number of halogens is 3. The summed E-state index contributed by atoms with van der Waals surface area (Å²) in [6, 6.07) is 7.01. The number of carbonyl (C=O) groups excluding carboxylic acids is 1. The summed E-state index contributed by atoms with van der Waals surface area (Å²) in [7, 11) is 0. The number of ether oxygens (including phenoxy) is 1. The van der Waals surface area contributed by atoms with Crippen LogP contribution in [-0.4, -0.2) is 52.3 Å². The largest absolute Gasteiger partial charge is 0.378 e. The number of hydrogen-bond acceptors (Lipinski definition) is 8. The number of carbonyl (C=O) groups is 1. The molecule has 1 aliphatic rings. The van der Waals surface area contributed by atoms with Crippen LogP contribution in [0, 0.1) is 5.82 Å². The second-order valence-electron chi connectivity index (χ2n) is 7.60. The van der Waals surface area contributed by atoms with Gasteiger partial charge in [0.15, 0.2) is 23.2 Å². The second kappa shape index (κ2) is 9.10. The monoisotopic (exact) mass is 458 g/mol. The maximum absolute atomic E-state index is 14.4. The fourth-order valence-electron chi connectivity index (χ4n) is 3.36. The lowest BCUT2D eigenvalue weighted by Crippen LogP contribution is -2.37. The molecule has 1 aromatic carbocycles. The molecule has 1 aliphatic heterocycles. The van der Waals surface area contributed by atoms with Crippen LogP contribution in [0.3, 0.4) is 0 Å². The zero-order chi connectivity index (χ0) is 23.6. The van der Waals surface area contributed by atoms with Crippen molar-refractivity contribution in [2.24, 2.45) is 0 Å². The van der Waals surface area contributed by atoms with E-state index in [-0.39, 0.29) is 28.7 Å².